The molecule has 0 saturated carbocycles. The van der Waals surface area contributed by atoms with E-state index in [1.807, 2.05) is 17.5 Å². The van der Waals surface area contributed by atoms with Gasteiger partial charge in [0.1, 0.15) is 11.5 Å². The van der Waals surface area contributed by atoms with Crippen LogP contribution in [0.25, 0.3) is 6.08 Å². The molecule has 0 spiro atoms. The maximum atomic E-state index is 11.9. The number of rotatable bonds is 5. The van der Waals surface area contributed by atoms with E-state index in [4.69, 9.17) is 21.1 Å². The second-order valence-corrected chi connectivity index (χ2v) is 5.41. The quantitative estimate of drug-likeness (QED) is 0.844. The summed E-state index contributed by atoms with van der Waals surface area (Å²) >= 11 is 7.57. The van der Waals surface area contributed by atoms with Gasteiger partial charge in [-0.2, -0.15) is 0 Å². The highest BCUT2D eigenvalue weighted by Gasteiger charge is 2.11. The maximum absolute atomic E-state index is 11.9. The zero-order chi connectivity index (χ0) is 15.2. The van der Waals surface area contributed by atoms with Gasteiger partial charge in [0.05, 0.1) is 24.9 Å². The van der Waals surface area contributed by atoms with Crippen molar-refractivity contribution in [1.82, 2.24) is 0 Å². The highest BCUT2D eigenvalue weighted by Crippen LogP contribution is 2.35. The number of carbonyl (C=O) groups excluding carboxylic acids is 1. The summed E-state index contributed by atoms with van der Waals surface area (Å²) in [6.07, 6.45) is 3.21. The zero-order valence-electron chi connectivity index (χ0n) is 11.6. The van der Waals surface area contributed by atoms with Crippen LogP contribution in [-0.4, -0.2) is 20.1 Å². The van der Waals surface area contributed by atoms with Crippen molar-refractivity contribution in [1.29, 1.82) is 0 Å². The number of benzene rings is 1. The molecule has 2 aromatic rings. The van der Waals surface area contributed by atoms with Crippen LogP contribution in [0.15, 0.2) is 35.7 Å². The largest absolute Gasteiger partial charge is 0.495 e. The van der Waals surface area contributed by atoms with E-state index >= 15 is 0 Å². The van der Waals surface area contributed by atoms with Crippen LogP contribution in [0.4, 0.5) is 5.69 Å². The second kappa shape index (κ2) is 7.15. The second-order valence-electron chi connectivity index (χ2n) is 4.03. The molecule has 1 heterocycles. The number of carbonyl (C=O) groups is 1. The van der Waals surface area contributed by atoms with Gasteiger partial charge in [-0.25, -0.2) is 0 Å². The van der Waals surface area contributed by atoms with Gasteiger partial charge in [-0.1, -0.05) is 17.7 Å². The summed E-state index contributed by atoms with van der Waals surface area (Å²) in [5.74, 6) is 0.680. The lowest BCUT2D eigenvalue weighted by Crippen LogP contribution is -2.09. The predicted octanol–water partition coefficient (Wildman–Crippen LogP) is 4.07. The third kappa shape index (κ3) is 4.00. The Hall–Kier alpha value is -1.98. The Balaban J connectivity index is 2.16. The Bertz CT molecular complexity index is 653. The summed E-state index contributed by atoms with van der Waals surface area (Å²) in [4.78, 5) is 12.9. The minimum Gasteiger partial charge on any atom is -0.495 e. The summed E-state index contributed by atoms with van der Waals surface area (Å²) in [6.45, 7) is 0. The third-order valence-corrected chi connectivity index (χ3v) is 3.81. The number of halogens is 1. The molecule has 21 heavy (non-hydrogen) atoms. The summed E-state index contributed by atoms with van der Waals surface area (Å²) in [7, 11) is 3.02. The van der Waals surface area contributed by atoms with Gasteiger partial charge >= 0.3 is 0 Å². The molecule has 110 valence electrons. The van der Waals surface area contributed by atoms with Crippen LogP contribution in [0.2, 0.25) is 5.02 Å². The summed E-state index contributed by atoms with van der Waals surface area (Å²) in [6, 6.07) is 7.08. The first-order valence-electron chi connectivity index (χ1n) is 6.08. The van der Waals surface area contributed by atoms with Crippen molar-refractivity contribution < 1.29 is 14.3 Å². The lowest BCUT2D eigenvalue weighted by Gasteiger charge is -2.12. The number of methoxy groups -OCH3 is 2. The van der Waals surface area contributed by atoms with E-state index in [-0.39, 0.29) is 5.91 Å². The SMILES string of the molecule is COc1cc(NC(=O)/C=C/c2cccs2)c(OC)cc1Cl. The normalized spacial score (nSPS) is 10.6. The number of thiophene rings is 1. The van der Waals surface area contributed by atoms with Crippen LogP contribution in [-0.2, 0) is 4.79 Å². The van der Waals surface area contributed by atoms with Gasteiger partial charge in [-0.3, -0.25) is 4.79 Å². The predicted molar refractivity (Wildman–Crippen MR) is 86.5 cm³/mol. The van der Waals surface area contributed by atoms with Crippen LogP contribution in [0.3, 0.4) is 0 Å². The Morgan fingerprint density at radius 3 is 2.67 bits per heavy atom. The van der Waals surface area contributed by atoms with Gasteiger partial charge in [0.25, 0.3) is 0 Å². The minimum atomic E-state index is -0.258. The van der Waals surface area contributed by atoms with E-state index in [1.54, 1.807) is 29.5 Å². The molecule has 6 heteroatoms. The van der Waals surface area contributed by atoms with E-state index in [9.17, 15) is 4.79 Å². The molecule has 4 nitrogen and oxygen atoms in total. The van der Waals surface area contributed by atoms with Crippen LogP contribution in [0.1, 0.15) is 4.88 Å². The third-order valence-electron chi connectivity index (χ3n) is 2.67. The Kier molecular flexibility index (Phi) is 5.25. The monoisotopic (exact) mass is 323 g/mol. The van der Waals surface area contributed by atoms with Gasteiger partial charge in [0.2, 0.25) is 5.91 Å². The summed E-state index contributed by atoms with van der Waals surface area (Å²) in [5, 5.41) is 5.11. The number of anilines is 1. The molecule has 1 amide bonds. The zero-order valence-corrected chi connectivity index (χ0v) is 13.1. The van der Waals surface area contributed by atoms with Crippen molar-refractivity contribution in [2.75, 3.05) is 19.5 Å². The van der Waals surface area contributed by atoms with Crippen molar-refractivity contribution in [2.24, 2.45) is 0 Å². The van der Waals surface area contributed by atoms with Gasteiger partial charge in [0, 0.05) is 23.1 Å². The van der Waals surface area contributed by atoms with Gasteiger partial charge in [-0.15, -0.1) is 11.3 Å². The molecule has 0 unspecified atom stereocenters. The number of hydrogen-bond acceptors (Lipinski definition) is 4. The molecule has 0 aliphatic carbocycles. The Morgan fingerprint density at radius 2 is 2.05 bits per heavy atom. The first-order valence-corrected chi connectivity index (χ1v) is 7.34. The van der Waals surface area contributed by atoms with Crippen molar-refractivity contribution in [2.45, 2.75) is 0 Å². The number of hydrogen-bond donors (Lipinski definition) is 1. The van der Waals surface area contributed by atoms with E-state index in [2.05, 4.69) is 5.32 Å². The number of amides is 1. The Morgan fingerprint density at radius 1 is 1.29 bits per heavy atom. The lowest BCUT2D eigenvalue weighted by atomic mass is 10.2. The minimum absolute atomic E-state index is 0.258. The fraction of sp³-hybridized carbons (Fsp3) is 0.133. The van der Waals surface area contributed by atoms with Gasteiger partial charge in [0.15, 0.2) is 0 Å². The summed E-state index contributed by atoms with van der Waals surface area (Å²) in [5.41, 5.74) is 0.500. The number of nitrogens with one attached hydrogen (secondary N) is 1. The average molecular weight is 324 g/mol. The fourth-order valence-corrected chi connectivity index (χ4v) is 2.53. The molecular formula is C15H14ClNO3S. The van der Waals surface area contributed by atoms with E-state index in [0.717, 1.165) is 4.88 Å². The first-order chi connectivity index (χ1) is 10.1. The molecule has 0 atom stereocenters. The molecule has 1 aromatic heterocycles. The molecule has 2 rings (SSSR count). The van der Waals surface area contributed by atoms with E-state index in [0.29, 0.717) is 22.2 Å². The first kappa shape index (κ1) is 15.4. The van der Waals surface area contributed by atoms with Crippen LogP contribution >= 0.6 is 22.9 Å². The smallest absolute Gasteiger partial charge is 0.248 e. The van der Waals surface area contributed by atoms with Crippen molar-refractivity contribution in [3.8, 4) is 11.5 Å². The molecule has 0 saturated heterocycles. The highest BCUT2D eigenvalue weighted by molar-refractivity contribution is 7.10. The number of ether oxygens (including phenoxy) is 2. The van der Waals surface area contributed by atoms with Crippen LogP contribution < -0.4 is 14.8 Å². The molecule has 0 aliphatic rings. The average Bonchev–Trinajstić information content (AvgIpc) is 2.99. The molecule has 0 bridgehead atoms. The van der Waals surface area contributed by atoms with Crippen LogP contribution in [0.5, 0.6) is 11.5 Å². The van der Waals surface area contributed by atoms with Gasteiger partial charge in [-0.05, 0) is 17.5 Å². The van der Waals surface area contributed by atoms with Crippen LogP contribution in [0, 0.1) is 0 Å². The highest BCUT2D eigenvalue weighted by atomic mass is 35.5. The standard InChI is InChI=1S/C15H14ClNO3S/c1-19-13-9-12(14(20-2)8-11(13)16)17-15(18)6-5-10-4-3-7-21-10/h3-9H,1-2H3,(H,17,18)/b6-5+. The topological polar surface area (TPSA) is 47.6 Å². The van der Waals surface area contributed by atoms with E-state index in [1.165, 1.54) is 20.3 Å². The van der Waals surface area contributed by atoms with Crippen molar-refractivity contribution in [3.63, 3.8) is 0 Å². The van der Waals surface area contributed by atoms with Crippen molar-refractivity contribution >= 4 is 40.6 Å². The molecule has 0 aliphatic heterocycles. The molecule has 1 N–H and O–H groups in total. The Labute approximate surface area is 132 Å². The summed E-state index contributed by atoms with van der Waals surface area (Å²) < 4.78 is 10.3. The van der Waals surface area contributed by atoms with Crippen molar-refractivity contribution in [3.05, 3.63) is 45.6 Å². The maximum Gasteiger partial charge on any atom is 0.248 e. The molecular weight excluding hydrogens is 310 g/mol. The molecule has 0 fully saturated rings. The lowest BCUT2D eigenvalue weighted by molar-refractivity contribution is -0.111. The van der Waals surface area contributed by atoms with E-state index < -0.39 is 0 Å². The van der Waals surface area contributed by atoms with Gasteiger partial charge < -0.3 is 14.8 Å². The molecule has 1 aromatic carbocycles. The molecule has 0 radical (unpaired) electrons. The fourth-order valence-electron chi connectivity index (χ4n) is 1.68.